The van der Waals surface area contributed by atoms with E-state index in [1.165, 1.54) is 23.5 Å². The topological polar surface area (TPSA) is 38.7 Å². The molecule has 2 heterocycles. The first-order chi connectivity index (χ1) is 8.83. The first kappa shape index (κ1) is 11.0. The van der Waals surface area contributed by atoms with E-state index in [0.717, 1.165) is 21.3 Å². The Labute approximate surface area is 107 Å². The van der Waals surface area contributed by atoms with E-state index in [4.69, 9.17) is 0 Å². The van der Waals surface area contributed by atoms with Gasteiger partial charge in [0, 0.05) is 11.8 Å². The highest BCUT2D eigenvalue weighted by atomic mass is 32.1. The Hall–Kier alpha value is -2.14. The SMILES string of the molecule is Fc1ccc(-c2nnc(-c3ccccn3)s2)cc1. The number of rotatable bonds is 2. The van der Waals surface area contributed by atoms with Gasteiger partial charge in [-0.2, -0.15) is 0 Å². The van der Waals surface area contributed by atoms with E-state index < -0.39 is 0 Å². The molecule has 0 spiro atoms. The van der Waals surface area contributed by atoms with Crippen molar-refractivity contribution in [3.63, 3.8) is 0 Å². The summed E-state index contributed by atoms with van der Waals surface area (Å²) in [5.41, 5.74) is 1.65. The van der Waals surface area contributed by atoms with Crippen LogP contribution in [0.1, 0.15) is 0 Å². The summed E-state index contributed by atoms with van der Waals surface area (Å²) in [7, 11) is 0. The van der Waals surface area contributed by atoms with E-state index in [1.54, 1.807) is 18.3 Å². The zero-order chi connectivity index (χ0) is 12.4. The van der Waals surface area contributed by atoms with Crippen molar-refractivity contribution in [2.45, 2.75) is 0 Å². The average molecular weight is 257 g/mol. The fourth-order valence-corrected chi connectivity index (χ4v) is 2.35. The predicted octanol–water partition coefficient (Wildman–Crippen LogP) is 3.41. The molecular weight excluding hydrogens is 249 g/mol. The summed E-state index contributed by atoms with van der Waals surface area (Å²) >= 11 is 1.44. The van der Waals surface area contributed by atoms with Gasteiger partial charge in [0.15, 0.2) is 5.01 Å². The molecule has 0 fully saturated rings. The summed E-state index contributed by atoms with van der Waals surface area (Å²) < 4.78 is 12.8. The van der Waals surface area contributed by atoms with E-state index in [9.17, 15) is 4.39 Å². The van der Waals surface area contributed by atoms with Crippen LogP contribution in [0.4, 0.5) is 4.39 Å². The average Bonchev–Trinajstić information content (AvgIpc) is 2.90. The van der Waals surface area contributed by atoms with Gasteiger partial charge in [-0.3, -0.25) is 4.98 Å². The normalized spacial score (nSPS) is 10.5. The quantitative estimate of drug-likeness (QED) is 0.706. The van der Waals surface area contributed by atoms with Crippen molar-refractivity contribution < 1.29 is 4.39 Å². The van der Waals surface area contributed by atoms with Crippen LogP contribution in [0.15, 0.2) is 48.7 Å². The molecule has 3 nitrogen and oxygen atoms in total. The third kappa shape index (κ3) is 2.12. The van der Waals surface area contributed by atoms with Crippen molar-refractivity contribution in [3.05, 3.63) is 54.5 Å². The van der Waals surface area contributed by atoms with Crippen molar-refractivity contribution in [2.24, 2.45) is 0 Å². The summed E-state index contributed by atoms with van der Waals surface area (Å²) in [5.74, 6) is -0.256. The number of hydrogen-bond acceptors (Lipinski definition) is 4. The molecule has 2 aromatic heterocycles. The van der Waals surface area contributed by atoms with Crippen LogP contribution in [0.2, 0.25) is 0 Å². The molecule has 0 bridgehead atoms. The number of halogens is 1. The summed E-state index contributed by atoms with van der Waals surface area (Å²) in [6.07, 6.45) is 1.72. The molecule has 0 atom stereocenters. The van der Waals surface area contributed by atoms with E-state index >= 15 is 0 Å². The second-order valence-corrected chi connectivity index (χ2v) is 4.61. The minimum Gasteiger partial charge on any atom is -0.254 e. The van der Waals surface area contributed by atoms with Crippen LogP contribution in [0.25, 0.3) is 21.3 Å². The largest absolute Gasteiger partial charge is 0.254 e. The van der Waals surface area contributed by atoms with Gasteiger partial charge >= 0.3 is 0 Å². The summed E-state index contributed by atoms with van der Waals surface area (Å²) in [4.78, 5) is 4.22. The van der Waals surface area contributed by atoms with Crippen molar-refractivity contribution in [3.8, 4) is 21.3 Å². The van der Waals surface area contributed by atoms with Gasteiger partial charge in [-0.25, -0.2) is 4.39 Å². The van der Waals surface area contributed by atoms with E-state index in [1.807, 2.05) is 18.2 Å². The van der Waals surface area contributed by atoms with Crippen LogP contribution in [0.3, 0.4) is 0 Å². The molecule has 3 aromatic rings. The van der Waals surface area contributed by atoms with Gasteiger partial charge in [-0.15, -0.1) is 10.2 Å². The lowest BCUT2D eigenvalue weighted by atomic mass is 10.2. The molecule has 0 aliphatic rings. The molecule has 0 saturated heterocycles. The number of nitrogens with zero attached hydrogens (tertiary/aromatic N) is 3. The molecule has 3 rings (SSSR count). The minimum absolute atomic E-state index is 0.256. The highest BCUT2D eigenvalue weighted by Crippen LogP contribution is 2.28. The molecule has 0 unspecified atom stereocenters. The fraction of sp³-hybridized carbons (Fsp3) is 0. The first-order valence-corrected chi connectivity index (χ1v) is 6.15. The molecule has 88 valence electrons. The lowest BCUT2D eigenvalue weighted by Gasteiger charge is -1.93. The zero-order valence-corrected chi connectivity index (χ0v) is 10.1. The molecule has 0 N–H and O–H groups in total. The Kier molecular flexibility index (Phi) is 2.82. The van der Waals surface area contributed by atoms with Crippen molar-refractivity contribution >= 4 is 11.3 Å². The number of pyridine rings is 1. The zero-order valence-electron chi connectivity index (χ0n) is 9.25. The Morgan fingerprint density at radius 1 is 0.889 bits per heavy atom. The summed E-state index contributed by atoms with van der Waals surface area (Å²) in [6, 6.07) is 11.9. The highest BCUT2D eigenvalue weighted by molar-refractivity contribution is 7.17. The Balaban J connectivity index is 1.97. The molecule has 5 heteroatoms. The van der Waals surface area contributed by atoms with E-state index in [0.29, 0.717) is 0 Å². The van der Waals surface area contributed by atoms with Crippen LogP contribution in [0.5, 0.6) is 0 Å². The number of hydrogen-bond donors (Lipinski definition) is 0. The van der Waals surface area contributed by atoms with Crippen LogP contribution < -0.4 is 0 Å². The van der Waals surface area contributed by atoms with Crippen molar-refractivity contribution in [2.75, 3.05) is 0 Å². The molecule has 0 saturated carbocycles. The van der Waals surface area contributed by atoms with Gasteiger partial charge in [0.1, 0.15) is 16.5 Å². The van der Waals surface area contributed by atoms with Crippen molar-refractivity contribution in [1.82, 2.24) is 15.2 Å². The summed E-state index contributed by atoms with van der Waals surface area (Å²) in [5, 5.41) is 9.72. The van der Waals surface area contributed by atoms with Crippen LogP contribution in [-0.4, -0.2) is 15.2 Å². The van der Waals surface area contributed by atoms with Gasteiger partial charge in [-0.05, 0) is 36.4 Å². The van der Waals surface area contributed by atoms with E-state index in [2.05, 4.69) is 15.2 Å². The molecule has 0 aliphatic heterocycles. The Morgan fingerprint density at radius 3 is 2.39 bits per heavy atom. The molecule has 0 aliphatic carbocycles. The highest BCUT2D eigenvalue weighted by Gasteiger charge is 2.08. The maximum absolute atomic E-state index is 12.8. The van der Waals surface area contributed by atoms with E-state index in [-0.39, 0.29) is 5.82 Å². The Morgan fingerprint density at radius 2 is 1.67 bits per heavy atom. The number of benzene rings is 1. The summed E-state index contributed by atoms with van der Waals surface area (Å²) in [6.45, 7) is 0. The minimum atomic E-state index is -0.256. The molecule has 0 radical (unpaired) electrons. The fourth-order valence-electron chi connectivity index (χ4n) is 1.53. The number of aromatic nitrogens is 3. The van der Waals surface area contributed by atoms with Crippen LogP contribution in [-0.2, 0) is 0 Å². The second-order valence-electron chi connectivity index (χ2n) is 3.63. The molecule has 0 amide bonds. The Bertz CT molecular complexity index is 650. The smallest absolute Gasteiger partial charge is 0.166 e. The third-order valence-corrected chi connectivity index (χ3v) is 3.40. The second kappa shape index (κ2) is 4.62. The lowest BCUT2D eigenvalue weighted by molar-refractivity contribution is 0.628. The molecular formula is C13H8FN3S. The van der Waals surface area contributed by atoms with Gasteiger partial charge in [0.05, 0.1) is 0 Å². The monoisotopic (exact) mass is 257 g/mol. The van der Waals surface area contributed by atoms with Crippen molar-refractivity contribution in [1.29, 1.82) is 0 Å². The van der Waals surface area contributed by atoms with Crippen LogP contribution in [0, 0.1) is 5.82 Å². The van der Waals surface area contributed by atoms with Gasteiger partial charge < -0.3 is 0 Å². The van der Waals surface area contributed by atoms with Gasteiger partial charge in [0.2, 0.25) is 0 Å². The van der Waals surface area contributed by atoms with Gasteiger partial charge in [0.25, 0.3) is 0 Å². The van der Waals surface area contributed by atoms with Crippen LogP contribution >= 0.6 is 11.3 Å². The lowest BCUT2D eigenvalue weighted by Crippen LogP contribution is -1.80. The molecule has 18 heavy (non-hydrogen) atoms. The maximum Gasteiger partial charge on any atom is 0.166 e. The molecule has 1 aromatic carbocycles. The maximum atomic E-state index is 12.8. The third-order valence-electron chi connectivity index (χ3n) is 2.40. The van der Waals surface area contributed by atoms with Gasteiger partial charge in [-0.1, -0.05) is 17.4 Å². The standard InChI is InChI=1S/C13H8FN3S/c14-10-6-4-9(5-7-10)12-16-17-13(18-12)11-3-1-2-8-15-11/h1-8H. The predicted molar refractivity (Wildman–Crippen MR) is 68.5 cm³/mol. The first-order valence-electron chi connectivity index (χ1n) is 5.34.